The molecule has 0 aliphatic heterocycles. The molecule has 3 nitrogen and oxygen atoms in total. The minimum Gasteiger partial charge on any atom is -0.315 e. The van der Waals surface area contributed by atoms with Crippen LogP contribution in [-0.4, -0.2) is 17.7 Å². The molecule has 0 aliphatic carbocycles. The molecule has 0 fully saturated rings. The smallest absolute Gasteiger partial charge is 0.251 e. The first-order valence-electron chi connectivity index (χ1n) is 5.62. The number of pyridine rings is 1. The third-order valence-electron chi connectivity index (χ3n) is 2.66. The number of hydrogen-bond donors (Lipinski definition) is 1. The molecule has 0 atom stereocenters. The first kappa shape index (κ1) is 10.9. The molecule has 1 aromatic heterocycles. The number of rotatable bonds is 4. The number of para-hydroxylation sites is 1. The maximum absolute atomic E-state index is 11.8. The summed E-state index contributed by atoms with van der Waals surface area (Å²) in [4.78, 5) is 11.8. The quantitative estimate of drug-likeness (QED) is 0.788. The molecule has 1 aromatic carbocycles. The van der Waals surface area contributed by atoms with Crippen LogP contribution in [0.1, 0.15) is 6.92 Å². The Morgan fingerprint density at radius 2 is 2.00 bits per heavy atom. The number of fused-ring (bicyclic) bond motifs is 1. The van der Waals surface area contributed by atoms with Gasteiger partial charge in [-0.05, 0) is 24.1 Å². The zero-order valence-corrected chi connectivity index (χ0v) is 9.44. The summed E-state index contributed by atoms with van der Waals surface area (Å²) in [5, 5.41) is 4.34. The Balaban J connectivity index is 2.41. The molecular formula is C13H16N2O. The fourth-order valence-corrected chi connectivity index (χ4v) is 1.84. The normalized spacial score (nSPS) is 10.8. The van der Waals surface area contributed by atoms with Crippen LogP contribution in [-0.2, 0) is 6.54 Å². The molecular weight excluding hydrogens is 200 g/mol. The van der Waals surface area contributed by atoms with E-state index < -0.39 is 0 Å². The van der Waals surface area contributed by atoms with Gasteiger partial charge in [0.05, 0.1) is 5.52 Å². The van der Waals surface area contributed by atoms with Crippen LogP contribution in [0, 0.1) is 0 Å². The highest BCUT2D eigenvalue weighted by molar-refractivity contribution is 5.78. The molecule has 3 heteroatoms. The standard InChI is InChI=1S/C13H16N2O/c1-2-14-9-10-15-12-6-4-3-5-11(12)7-8-13(15)16/h3-8,14H,2,9-10H2,1H3. The van der Waals surface area contributed by atoms with Crippen molar-refractivity contribution >= 4 is 10.9 Å². The van der Waals surface area contributed by atoms with E-state index in [1.165, 1.54) is 0 Å². The Bertz CT molecular complexity index is 531. The summed E-state index contributed by atoms with van der Waals surface area (Å²) >= 11 is 0. The van der Waals surface area contributed by atoms with Crippen LogP contribution >= 0.6 is 0 Å². The largest absolute Gasteiger partial charge is 0.315 e. The van der Waals surface area contributed by atoms with E-state index in [9.17, 15) is 4.79 Å². The lowest BCUT2D eigenvalue weighted by molar-refractivity contribution is 0.613. The second-order valence-corrected chi connectivity index (χ2v) is 3.74. The number of aromatic nitrogens is 1. The summed E-state index contributed by atoms with van der Waals surface area (Å²) < 4.78 is 1.82. The number of hydrogen-bond acceptors (Lipinski definition) is 2. The topological polar surface area (TPSA) is 34.0 Å². The molecule has 0 saturated heterocycles. The summed E-state index contributed by atoms with van der Waals surface area (Å²) in [5.41, 5.74) is 1.07. The number of benzene rings is 1. The van der Waals surface area contributed by atoms with Gasteiger partial charge in [-0.2, -0.15) is 0 Å². The third-order valence-corrected chi connectivity index (χ3v) is 2.66. The SMILES string of the molecule is CCNCCn1c(=O)ccc2ccccc21. The van der Waals surface area contributed by atoms with Gasteiger partial charge in [-0.25, -0.2) is 0 Å². The lowest BCUT2D eigenvalue weighted by Crippen LogP contribution is -2.26. The Morgan fingerprint density at radius 1 is 1.19 bits per heavy atom. The average molecular weight is 216 g/mol. The molecule has 1 N–H and O–H groups in total. The van der Waals surface area contributed by atoms with Crippen molar-refractivity contribution in [1.29, 1.82) is 0 Å². The summed E-state index contributed by atoms with van der Waals surface area (Å²) in [6.45, 7) is 4.53. The van der Waals surface area contributed by atoms with Crippen LogP contribution in [0.3, 0.4) is 0 Å². The molecule has 0 amide bonds. The van der Waals surface area contributed by atoms with Crippen molar-refractivity contribution in [3.63, 3.8) is 0 Å². The highest BCUT2D eigenvalue weighted by Crippen LogP contribution is 2.10. The Labute approximate surface area is 94.7 Å². The van der Waals surface area contributed by atoms with E-state index >= 15 is 0 Å². The molecule has 1 heterocycles. The summed E-state index contributed by atoms with van der Waals surface area (Å²) in [5.74, 6) is 0. The maximum Gasteiger partial charge on any atom is 0.251 e. The fourth-order valence-electron chi connectivity index (χ4n) is 1.84. The van der Waals surface area contributed by atoms with Gasteiger partial charge in [-0.15, -0.1) is 0 Å². The first-order chi connectivity index (χ1) is 7.83. The van der Waals surface area contributed by atoms with Crippen LogP contribution in [0.25, 0.3) is 10.9 Å². The van der Waals surface area contributed by atoms with Crippen molar-refractivity contribution in [2.24, 2.45) is 0 Å². The minimum atomic E-state index is 0.0663. The van der Waals surface area contributed by atoms with E-state index in [1.807, 2.05) is 34.9 Å². The van der Waals surface area contributed by atoms with Gasteiger partial charge < -0.3 is 9.88 Å². The van der Waals surface area contributed by atoms with Crippen molar-refractivity contribution in [1.82, 2.24) is 9.88 Å². The Hall–Kier alpha value is -1.61. The van der Waals surface area contributed by atoms with Crippen molar-refractivity contribution in [3.05, 3.63) is 46.8 Å². The maximum atomic E-state index is 11.8. The molecule has 0 bridgehead atoms. The second-order valence-electron chi connectivity index (χ2n) is 3.74. The highest BCUT2D eigenvalue weighted by Gasteiger charge is 2.00. The molecule has 0 radical (unpaired) electrons. The number of likely N-dealkylation sites (N-methyl/N-ethyl adjacent to an activating group) is 1. The van der Waals surface area contributed by atoms with Gasteiger partial charge in [-0.1, -0.05) is 25.1 Å². The van der Waals surface area contributed by atoms with Gasteiger partial charge in [0.1, 0.15) is 0 Å². The second kappa shape index (κ2) is 4.94. The van der Waals surface area contributed by atoms with Gasteiger partial charge in [0, 0.05) is 19.2 Å². The Morgan fingerprint density at radius 3 is 2.81 bits per heavy atom. The van der Waals surface area contributed by atoms with Crippen LogP contribution in [0.2, 0.25) is 0 Å². The van der Waals surface area contributed by atoms with Gasteiger partial charge in [0.2, 0.25) is 0 Å². The molecule has 2 aromatic rings. The number of nitrogens with one attached hydrogen (secondary N) is 1. The van der Waals surface area contributed by atoms with E-state index in [1.54, 1.807) is 6.07 Å². The van der Waals surface area contributed by atoms with Crippen LogP contribution < -0.4 is 10.9 Å². The van der Waals surface area contributed by atoms with Crippen LogP contribution in [0.4, 0.5) is 0 Å². The lowest BCUT2D eigenvalue weighted by atomic mass is 10.2. The highest BCUT2D eigenvalue weighted by atomic mass is 16.1. The van der Waals surface area contributed by atoms with E-state index in [0.29, 0.717) is 6.54 Å². The van der Waals surface area contributed by atoms with Gasteiger partial charge in [0.15, 0.2) is 0 Å². The first-order valence-corrected chi connectivity index (χ1v) is 5.62. The van der Waals surface area contributed by atoms with E-state index in [0.717, 1.165) is 24.0 Å². The van der Waals surface area contributed by atoms with E-state index in [2.05, 4.69) is 12.2 Å². The molecule has 2 rings (SSSR count). The predicted octanol–water partition coefficient (Wildman–Crippen LogP) is 1.61. The van der Waals surface area contributed by atoms with Gasteiger partial charge in [-0.3, -0.25) is 4.79 Å². The molecule has 0 saturated carbocycles. The zero-order valence-electron chi connectivity index (χ0n) is 9.44. The summed E-state index contributed by atoms with van der Waals surface area (Å²) in [6, 6.07) is 11.5. The third kappa shape index (κ3) is 2.14. The van der Waals surface area contributed by atoms with E-state index in [4.69, 9.17) is 0 Å². The average Bonchev–Trinajstić information content (AvgIpc) is 2.32. The van der Waals surface area contributed by atoms with Gasteiger partial charge >= 0.3 is 0 Å². The summed E-state index contributed by atoms with van der Waals surface area (Å²) in [6.07, 6.45) is 0. The molecule has 84 valence electrons. The number of nitrogens with zero attached hydrogens (tertiary/aromatic N) is 1. The van der Waals surface area contributed by atoms with Crippen molar-refractivity contribution in [2.45, 2.75) is 13.5 Å². The monoisotopic (exact) mass is 216 g/mol. The van der Waals surface area contributed by atoms with Crippen LogP contribution in [0.5, 0.6) is 0 Å². The van der Waals surface area contributed by atoms with Crippen molar-refractivity contribution in [2.75, 3.05) is 13.1 Å². The van der Waals surface area contributed by atoms with Crippen LogP contribution in [0.15, 0.2) is 41.2 Å². The molecule has 0 unspecified atom stereocenters. The fraction of sp³-hybridized carbons (Fsp3) is 0.308. The van der Waals surface area contributed by atoms with Gasteiger partial charge in [0.25, 0.3) is 5.56 Å². The zero-order chi connectivity index (χ0) is 11.4. The predicted molar refractivity (Wildman–Crippen MR) is 66.8 cm³/mol. The molecule has 0 aliphatic rings. The minimum absolute atomic E-state index is 0.0663. The molecule has 0 spiro atoms. The van der Waals surface area contributed by atoms with E-state index in [-0.39, 0.29) is 5.56 Å². The van der Waals surface area contributed by atoms with Crippen molar-refractivity contribution in [3.8, 4) is 0 Å². The Kier molecular flexibility index (Phi) is 3.37. The molecule has 16 heavy (non-hydrogen) atoms. The lowest BCUT2D eigenvalue weighted by Gasteiger charge is -2.09. The van der Waals surface area contributed by atoms with Crippen molar-refractivity contribution < 1.29 is 0 Å². The summed E-state index contributed by atoms with van der Waals surface area (Å²) in [7, 11) is 0.